The fourth-order valence-corrected chi connectivity index (χ4v) is 2.97. The van der Waals surface area contributed by atoms with Gasteiger partial charge in [0, 0.05) is 18.4 Å². The second kappa shape index (κ2) is 11.9. The Labute approximate surface area is 161 Å². The SMILES string of the molecule is CCCCCC=CCC1(O)C=C(Cl)C(=O)C1=CC=CCCCC(=O)OC. The molecule has 0 heterocycles. The van der Waals surface area contributed by atoms with Gasteiger partial charge in [-0.05, 0) is 31.8 Å². The average molecular weight is 381 g/mol. The molecule has 26 heavy (non-hydrogen) atoms. The number of halogens is 1. The molecule has 0 bridgehead atoms. The fourth-order valence-electron chi connectivity index (χ4n) is 2.69. The van der Waals surface area contributed by atoms with Crippen molar-refractivity contribution in [1.82, 2.24) is 0 Å². The molecule has 1 unspecified atom stereocenters. The minimum atomic E-state index is -1.36. The van der Waals surface area contributed by atoms with E-state index in [4.69, 9.17) is 11.6 Å². The number of rotatable bonds is 11. The molecule has 0 fully saturated rings. The standard InChI is InChI=1S/C21H29ClO4/c1-3-4-5-6-9-12-15-21(25)16-18(22)20(24)17(21)13-10-7-8-11-14-19(23)26-2/h7,9-10,12-13,16,25H,3-6,8,11,14-15H2,1-2H3. The largest absolute Gasteiger partial charge is 0.469 e. The van der Waals surface area contributed by atoms with Crippen LogP contribution in [0.3, 0.4) is 0 Å². The minimum Gasteiger partial charge on any atom is -0.469 e. The van der Waals surface area contributed by atoms with Crippen molar-refractivity contribution in [3.63, 3.8) is 0 Å². The molecule has 1 aliphatic rings. The third-order valence-corrected chi connectivity index (χ3v) is 4.52. The van der Waals surface area contributed by atoms with E-state index in [9.17, 15) is 14.7 Å². The molecule has 1 atom stereocenters. The van der Waals surface area contributed by atoms with E-state index in [-0.39, 0.29) is 22.4 Å². The Morgan fingerprint density at radius 1 is 1.23 bits per heavy atom. The highest BCUT2D eigenvalue weighted by Gasteiger charge is 2.40. The normalized spacial score (nSPS) is 21.9. The highest BCUT2D eigenvalue weighted by molar-refractivity contribution is 6.46. The molecule has 0 amide bonds. The number of hydrogen-bond donors (Lipinski definition) is 1. The van der Waals surface area contributed by atoms with E-state index in [0.717, 1.165) is 12.8 Å². The molecule has 0 aliphatic heterocycles. The maximum absolute atomic E-state index is 12.2. The van der Waals surface area contributed by atoms with Crippen LogP contribution in [0.25, 0.3) is 0 Å². The molecule has 0 spiro atoms. The van der Waals surface area contributed by atoms with Crippen molar-refractivity contribution < 1.29 is 19.4 Å². The van der Waals surface area contributed by atoms with Gasteiger partial charge < -0.3 is 9.84 Å². The molecule has 5 heteroatoms. The van der Waals surface area contributed by atoms with Crippen molar-refractivity contribution in [1.29, 1.82) is 0 Å². The first-order chi connectivity index (χ1) is 12.4. The molecule has 0 radical (unpaired) electrons. The zero-order valence-electron chi connectivity index (χ0n) is 15.7. The number of ketones is 1. The summed E-state index contributed by atoms with van der Waals surface area (Å²) in [7, 11) is 1.37. The summed E-state index contributed by atoms with van der Waals surface area (Å²) in [5.74, 6) is -0.577. The van der Waals surface area contributed by atoms with E-state index in [1.807, 2.05) is 18.2 Å². The van der Waals surface area contributed by atoms with Gasteiger partial charge in [0.2, 0.25) is 5.78 Å². The predicted octanol–water partition coefficient (Wildman–Crippen LogP) is 4.78. The number of Topliss-reactive ketones (excluding diaryl/α,β-unsaturated/α-hetero) is 1. The van der Waals surface area contributed by atoms with Gasteiger partial charge in [-0.15, -0.1) is 0 Å². The summed E-state index contributed by atoms with van der Waals surface area (Å²) in [4.78, 5) is 23.2. The topological polar surface area (TPSA) is 63.6 Å². The van der Waals surface area contributed by atoms with E-state index >= 15 is 0 Å². The first-order valence-corrected chi connectivity index (χ1v) is 9.57. The predicted molar refractivity (Wildman–Crippen MR) is 105 cm³/mol. The van der Waals surface area contributed by atoms with Gasteiger partial charge in [-0.2, -0.15) is 0 Å². The lowest BCUT2D eigenvalue weighted by molar-refractivity contribution is -0.140. The van der Waals surface area contributed by atoms with Gasteiger partial charge >= 0.3 is 5.97 Å². The van der Waals surface area contributed by atoms with Crippen molar-refractivity contribution in [2.24, 2.45) is 0 Å². The molecule has 144 valence electrons. The van der Waals surface area contributed by atoms with Gasteiger partial charge in [0.15, 0.2) is 0 Å². The number of carbonyl (C=O) groups is 2. The Bertz CT molecular complexity index is 601. The van der Waals surface area contributed by atoms with Crippen LogP contribution in [0.5, 0.6) is 0 Å². The average Bonchev–Trinajstić information content (AvgIpc) is 2.83. The van der Waals surface area contributed by atoms with E-state index in [1.54, 1.807) is 12.2 Å². The summed E-state index contributed by atoms with van der Waals surface area (Å²) in [5, 5.41) is 10.9. The van der Waals surface area contributed by atoms with Crippen LogP contribution in [0.2, 0.25) is 0 Å². The number of carbonyl (C=O) groups excluding carboxylic acids is 2. The summed E-state index contributed by atoms with van der Waals surface area (Å²) in [5.41, 5.74) is -1.07. The summed E-state index contributed by atoms with van der Waals surface area (Å²) in [6.07, 6.45) is 17.0. The van der Waals surface area contributed by atoms with Crippen LogP contribution < -0.4 is 0 Å². The molecule has 0 saturated carbocycles. The van der Waals surface area contributed by atoms with Gasteiger partial charge in [-0.25, -0.2) is 0 Å². The molecule has 0 aromatic heterocycles. The van der Waals surface area contributed by atoms with E-state index in [0.29, 0.717) is 25.7 Å². The number of hydrogen-bond acceptors (Lipinski definition) is 4. The monoisotopic (exact) mass is 380 g/mol. The highest BCUT2D eigenvalue weighted by Crippen LogP contribution is 2.35. The summed E-state index contributed by atoms with van der Waals surface area (Å²) < 4.78 is 4.58. The fraction of sp³-hybridized carbons (Fsp3) is 0.524. The van der Waals surface area contributed by atoms with Crippen LogP contribution in [0, 0.1) is 0 Å². The number of methoxy groups -OCH3 is 1. The second-order valence-electron chi connectivity index (χ2n) is 6.39. The second-order valence-corrected chi connectivity index (χ2v) is 6.80. The molecule has 0 saturated heterocycles. The lowest BCUT2D eigenvalue weighted by Gasteiger charge is -2.20. The molecular formula is C21H29ClO4. The van der Waals surface area contributed by atoms with Gasteiger partial charge in [0.1, 0.15) is 5.60 Å². The number of unbranched alkanes of at least 4 members (excludes halogenated alkanes) is 4. The van der Waals surface area contributed by atoms with Gasteiger partial charge in [0.25, 0.3) is 0 Å². The smallest absolute Gasteiger partial charge is 0.305 e. The number of esters is 1. The maximum Gasteiger partial charge on any atom is 0.305 e. The van der Waals surface area contributed by atoms with Crippen LogP contribution in [-0.4, -0.2) is 29.6 Å². The Balaban J connectivity index is 2.62. The molecule has 1 N–H and O–H groups in total. The Morgan fingerprint density at radius 3 is 2.65 bits per heavy atom. The van der Waals surface area contributed by atoms with Crippen molar-refractivity contribution in [2.45, 2.75) is 63.9 Å². The van der Waals surface area contributed by atoms with Crippen LogP contribution in [0.1, 0.15) is 58.3 Å². The lowest BCUT2D eigenvalue weighted by Crippen LogP contribution is -2.27. The first kappa shape index (κ1) is 22.4. The van der Waals surface area contributed by atoms with Gasteiger partial charge in [0.05, 0.1) is 12.1 Å². The Morgan fingerprint density at radius 2 is 1.96 bits per heavy atom. The first-order valence-electron chi connectivity index (χ1n) is 9.19. The molecule has 1 rings (SSSR count). The molecule has 0 aromatic rings. The number of aliphatic hydroxyl groups is 1. The van der Waals surface area contributed by atoms with Crippen LogP contribution in [-0.2, 0) is 14.3 Å². The summed E-state index contributed by atoms with van der Waals surface area (Å²) in [6, 6.07) is 0. The quantitative estimate of drug-likeness (QED) is 0.242. The van der Waals surface area contributed by atoms with Crippen molar-refractivity contribution in [2.75, 3.05) is 7.11 Å². The summed E-state index contributed by atoms with van der Waals surface area (Å²) in [6.45, 7) is 2.16. The molecule has 4 nitrogen and oxygen atoms in total. The lowest BCUT2D eigenvalue weighted by atomic mass is 9.92. The molecule has 0 aromatic carbocycles. The van der Waals surface area contributed by atoms with Crippen molar-refractivity contribution >= 4 is 23.4 Å². The van der Waals surface area contributed by atoms with Gasteiger partial charge in [-0.3, -0.25) is 9.59 Å². The van der Waals surface area contributed by atoms with Crippen molar-refractivity contribution in [3.05, 3.63) is 47.1 Å². The van der Waals surface area contributed by atoms with Crippen LogP contribution in [0.15, 0.2) is 47.1 Å². The highest BCUT2D eigenvalue weighted by atomic mass is 35.5. The van der Waals surface area contributed by atoms with Crippen LogP contribution >= 0.6 is 11.6 Å². The van der Waals surface area contributed by atoms with Crippen molar-refractivity contribution in [3.8, 4) is 0 Å². The third kappa shape index (κ3) is 7.30. The van der Waals surface area contributed by atoms with E-state index < -0.39 is 5.60 Å². The number of allylic oxidation sites excluding steroid dienone is 5. The Hall–Kier alpha value is -1.65. The minimum absolute atomic E-state index is 0.0530. The molecular weight excluding hydrogens is 352 g/mol. The maximum atomic E-state index is 12.2. The molecule has 1 aliphatic carbocycles. The third-order valence-electron chi connectivity index (χ3n) is 4.24. The van der Waals surface area contributed by atoms with Crippen LogP contribution in [0.4, 0.5) is 0 Å². The Kier molecular flexibility index (Phi) is 10.2. The zero-order valence-corrected chi connectivity index (χ0v) is 16.4. The number of ether oxygens (including phenoxy) is 1. The van der Waals surface area contributed by atoms with Gasteiger partial charge in [-0.1, -0.05) is 61.7 Å². The summed E-state index contributed by atoms with van der Waals surface area (Å²) >= 11 is 5.95. The van der Waals surface area contributed by atoms with E-state index in [2.05, 4.69) is 11.7 Å². The zero-order chi connectivity index (χ0) is 19.4. The van der Waals surface area contributed by atoms with E-state index in [1.165, 1.54) is 26.0 Å².